The van der Waals surface area contributed by atoms with Gasteiger partial charge in [-0.15, -0.1) is 24.0 Å². The van der Waals surface area contributed by atoms with Crippen LogP contribution in [0, 0.1) is 5.92 Å². The molecule has 1 aromatic rings. The van der Waals surface area contributed by atoms with Crippen molar-refractivity contribution in [3.63, 3.8) is 0 Å². The number of aliphatic imine (C=N–C) groups is 1. The fourth-order valence-corrected chi connectivity index (χ4v) is 3.36. The van der Waals surface area contributed by atoms with Gasteiger partial charge in [0.05, 0.1) is 0 Å². The Morgan fingerprint density at radius 3 is 2.71 bits per heavy atom. The summed E-state index contributed by atoms with van der Waals surface area (Å²) in [5, 5.41) is 0. The van der Waals surface area contributed by atoms with Gasteiger partial charge in [0.2, 0.25) is 5.91 Å². The first-order valence-corrected chi connectivity index (χ1v) is 8.58. The molecule has 0 saturated carbocycles. The van der Waals surface area contributed by atoms with E-state index in [1.807, 2.05) is 23.1 Å². The number of carbonyl (C=O) groups is 1. The molecule has 0 spiro atoms. The van der Waals surface area contributed by atoms with Gasteiger partial charge in [0, 0.05) is 25.3 Å². The Balaban J connectivity index is 0.00000208. The molecule has 2 aliphatic heterocycles. The number of amides is 1. The molecule has 1 amide bonds. The lowest BCUT2D eigenvalue weighted by atomic mass is 10.00. The summed E-state index contributed by atoms with van der Waals surface area (Å²) in [7, 11) is 0. The van der Waals surface area contributed by atoms with Crippen LogP contribution in [0.1, 0.15) is 31.7 Å². The van der Waals surface area contributed by atoms with Crippen LogP contribution in [0.25, 0.3) is 0 Å². The van der Waals surface area contributed by atoms with Gasteiger partial charge in [0.15, 0.2) is 5.96 Å². The third kappa shape index (κ3) is 4.40. The van der Waals surface area contributed by atoms with Crippen molar-refractivity contribution in [2.24, 2.45) is 16.6 Å². The number of anilines is 1. The van der Waals surface area contributed by atoms with E-state index in [1.54, 1.807) is 0 Å². The molecule has 0 aliphatic carbocycles. The van der Waals surface area contributed by atoms with Crippen LogP contribution in [0.3, 0.4) is 0 Å². The molecule has 1 fully saturated rings. The van der Waals surface area contributed by atoms with Crippen LogP contribution >= 0.6 is 24.0 Å². The van der Waals surface area contributed by atoms with E-state index in [9.17, 15) is 4.79 Å². The van der Waals surface area contributed by atoms with Crippen molar-refractivity contribution in [3.8, 4) is 0 Å². The highest BCUT2D eigenvalue weighted by atomic mass is 127. The summed E-state index contributed by atoms with van der Waals surface area (Å²) in [5.41, 5.74) is 8.35. The van der Waals surface area contributed by atoms with Crippen LogP contribution in [-0.2, 0) is 11.2 Å². The summed E-state index contributed by atoms with van der Waals surface area (Å²) in [4.78, 5) is 20.8. The van der Waals surface area contributed by atoms with Crippen molar-refractivity contribution < 1.29 is 4.79 Å². The number of benzene rings is 1. The Morgan fingerprint density at radius 2 is 1.96 bits per heavy atom. The van der Waals surface area contributed by atoms with E-state index in [0.717, 1.165) is 56.9 Å². The molecule has 0 bridgehead atoms. The van der Waals surface area contributed by atoms with Crippen molar-refractivity contribution in [1.29, 1.82) is 0 Å². The van der Waals surface area contributed by atoms with E-state index in [4.69, 9.17) is 5.73 Å². The largest absolute Gasteiger partial charge is 0.370 e. The van der Waals surface area contributed by atoms with Gasteiger partial charge in [0.25, 0.3) is 0 Å². The first kappa shape index (κ1) is 19.0. The Hall–Kier alpha value is -1.31. The molecular formula is C18H27IN4O. The van der Waals surface area contributed by atoms with Crippen LogP contribution in [0.4, 0.5) is 5.69 Å². The van der Waals surface area contributed by atoms with Crippen molar-refractivity contribution in [2.45, 2.75) is 32.6 Å². The minimum Gasteiger partial charge on any atom is -0.370 e. The summed E-state index contributed by atoms with van der Waals surface area (Å²) < 4.78 is 0. The number of fused-ring (bicyclic) bond motifs is 1. The van der Waals surface area contributed by atoms with Crippen LogP contribution in [0.2, 0.25) is 0 Å². The molecule has 24 heavy (non-hydrogen) atoms. The van der Waals surface area contributed by atoms with Gasteiger partial charge in [0.1, 0.15) is 6.54 Å². The molecule has 5 nitrogen and oxygen atoms in total. The molecule has 0 radical (unpaired) electrons. The second kappa shape index (κ2) is 8.69. The van der Waals surface area contributed by atoms with E-state index in [1.165, 1.54) is 5.56 Å². The summed E-state index contributed by atoms with van der Waals surface area (Å²) in [6.07, 6.45) is 4.33. The van der Waals surface area contributed by atoms with Gasteiger partial charge in [-0.05, 0) is 43.2 Å². The molecule has 1 aromatic carbocycles. The Bertz CT molecular complexity index is 596. The number of carbonyl (C=O) groups excluding carboxylic acids is 1. The highest BCUT2D eigenvalue weighted by Gasteiger charge is 2.22. The first-order chi connectivity index (χ1) is 11.1. The van der Waals surface area contributed by atoms with E-state index in [-0.39, 0.29) is 36.4 Å². The molecule has 0 atom stereocenters. The molecule has 2 heterocycles. The lowest BCUT2D eigenvalue weighted by Crippen LogP contribution is -2.43. The standard InChI is InChI=1S/C18H26N4O.HI/c1-14-8-11-21(12-9-14)18(19)20-13-17(23)22-10-4-6-15-5-2-3-7-16(15)22;/h2-3,5,7,14H,4,6,8-13H2,1H3,(H2,19,20);1H. The molecular weight excluding hydrogens is 415 g/mol. The fourth-order valence-electron chi connectivity index (χ4n) is 3.36. The average Bonchev–Trinajstić information content (AvgIpc) is 2.59. The van der Waals surface area contributed by atoms with Gasteiger partial charge < -0.3 is 15.5 Å². The number of piperidine rings is 1. The zero-order chi connectivity index (χ0) is 16.2. The first-order valence-electron chi connectivity index (χ1n) is 8.58. The monoisotopic (exact) mass is 442 g/mol. The average molecular weight is 442 g/mol. The summed E-state index contributed by atoms with van der Waals surface area (Å²) >= 11 is 0. The number of nitrogens with two attached hydrogens (primary N) is 1. The highest BCUT2D eigenvalue weighted by molar-refractivity contribution is 14.0. The van der Waals surface area contributed by atoms with Gasteiger partial charge in [-0.1, -0.05) is 25.1 Å². The van der Waals surface area contributed by atoms with E-state index >= 15 is 0 Å². The summed E-state index contributed by atoms with van der Waals surface area (Å²) in [6.45, 7) is 5.05. The number of hydrogen-bond acceptors (Lipinski definition) is 2. The Labute approximate surface area is 161 Å². The Kier molecular flexibility index (Phi) is 6.89. The number of likely N-dealkylation sites (tertiary alicyclic amines) is 1. The smallest absolute Gasteiger partial charge is 0.248 e. The summed E-state index contributed by atoms with van der Waals surface area (Å²) in [6, 6.07) is 8.13. The fraction of sp³-hybridized carbons (Fsp3) is 0.556. The topological polar surface area (TPSA) is 61.9 Å². The van der Waals surface area contributed by atoms with Gasteiger partial charge in [-0.25, -0.2) is 4.99 Å². The van der Waals surface area contributed by atoms with Crippen molar-refractivity contribution in [1.82, 2.24) is 4.90 Å². The number of hydrogen-bond donors (Lipinski definition) is 1. The number of guanidine groups is 1. The molecule has 0 unspecified atom stereocenters. The molecule has 132 valence electrons. The SMILES string of the molecule is CC1CCN(C(N)=NCC(=O)N2CCCc3ccccc32)CC1.I. The van der Waals surface area contributed by atoms with Crippen LogP contribution in [-0.4, -0.2) is 42.9 Å². The highest BCUT2D eigenvalue weighted by Crippen LogP contribution is 2.26. The van der Waals surface area contributed by atoms with E-state index in [0.29, 0.717) is 5.96 Å². The number of rotatable bonds is 2. The van der Waals surface area contributed by atoms with Crippen molar-refractivity contribution >= 4 is 41.5 Å². The maximum Gasteiger partial charge on any atom is 0.248 e. The van der Waals surface area contributed by atoms with E-state index in [2.05, 4.69) is 22.9 Å². The predicted octanol–water partition coefficient (Wildman–Crippen LogP) is 2.63. The van der Waals surface area contributed by atoms with E-state index < -0.39 is 0 Å². The predicted molar refractivity (Wildman–Crippen MR) is 109 cm³/mol. The molecule has 2 aliphatic rings. The minimum absolute atomic E-state index is 0. The molecule has 1 saturated heterocycles. The molecule has 2 N–H and O–H groups in total. The molecule has 6 heteroatoms. The number of aryl methyl sites for hydroxylation is 1. The van der Waals surface area contributed by atoms with Gasteiger partial charge in [-0.3, -0.25) is 4.79 Å². The van der Waals surface area contributed by atoms with Gasteiger partial charge >= 0.3 is 0 Å². The number of halogens is 1. The van der Waals surface area contributed by atoms with Gasteiger partial charge in [-0.2, -0.15) is 0 Å². The zero-order valence-electron chi connectivity index (χ0n) is 14.3. The van der Waals surface area contributed by atoms with Crippen LogP contribution < -0.4 is 10.6 Å². The number of para-hydroxylation sites is 1. The third-order valence-corrected chi connectivity index (χ3v) is 4.90. The second-order valence-corrected chi connectivity index (χ2v) is 6.62. The number of nitrogens with zero attached hydrogens (tertiary/aromatic N) is 3. The lowest BCUT2D eigenvalue weighted by molar-refractivity contribution is -0.117. The quantitative estimate of drug-likeness (QED) is 0.435. The maximum atomic E-state index is 12.5. The van der Waals surface area contributed by atoms with Crippen LogP contribution in [0.15, 0.2) is 29.3 Å². The van der Waals surface area contributed by atoms with Crippen molar-refractivity contribution in [2.75, 3.05) is 31.1 Å². The summed E-state index contributed by atoms with van der Waals surface area (Å²) in [5.74, 6) is 1.30. The normalized spacial score (nSPS) is 18.8. The lowest BCUT2D eigenvalue weighted by Gasteiger charge is -2.31. The van der Waals surface area contributed by atoms with Crippen LogP contribution in [0.5, 0.6) is 0 Å². The molecule has 3 rings (SSSR count). The Morgan fingerprint density at radius 1 is 1.25 bits per heavy atom. The second-order valence-electron chi connectivity index (χ2n) is 6.62. The third-order valence-electron chi connectivity index (χ3n) is 4.90. The minimum atomic E-state index is 0. The maximum absolute atomic E-state index is 12.5. The zero-order valence-corrected chi connectivity index (χ0v) is 16.6. The van der Waals surface area contributed by atoms with Crippen molar-refractivity contribution in [3.05, 3.63) is 29.8 Å². The molecule has 0 aromatic heterocycles.